The molecule has 1 saturated heterocycles. The first kappa shape index (κ1) is 30.4. The van der Waals surface area contributed by atoms with E-state index in [0.717, 1.165) is 5.56 Å². The quantitative estimate of drug-likeness (QED) is 0.312. The smallest absolute Gasteiger partial charge is 0.241 e. The predicted octanol–water partition coefficient (Wildman–Crippen LogP) is 4.03. The number of hydrogen-bond acceptors (Lipinski definition) is 7. The number of rotatable bonds is 9. The Morgan fingerprint density at radius 1 is 0.881 bits per heavy atom. The first-order valence-corrected chi connectivity index (χ1v) is 17.4. The molecule has 1 aliphatic heterocycles. The van der Waals surface area contributed by atoms with E-state index in [1.165, 1.54) is 12.1 Å². The third kappa shape index (κ3) is 6.17. The van der Waals surface area contributed by atoms with Crippen molar-refractivity contribution in [2.24, 2.45) is 5.73 Å². The maximum Gasteiger partial charge on any atom is 0.241 e. The standard InChI is InChI=1S/C32H39N3O5S2/c1-30(2,3)24-16-14-23(15-17-24)28-27(42(39,40)26-12-8-5-9-13-26)22-31(34-28,29(36)35-32(33)18-19-32)20-21-41(37,38)25-10-6-4-7-11-25/h4-17,27-28,34H,18-22,33H2,1-3H3,(H,35,36)/t27-,28+,31+/m1/s1. The number of hydrogen-bond donors (Lipinski definition) is 3. The van der Waals surface area contributed by atoms with E-state index in [4.69, 9.17) is 5.73 Å². The van der Waals surface area contributed by atoms with E-state index >= 15 is 0 Å². The third-order valence-corrected chi connectivity index (χ3v) is 12.3. The number of nitrogens with one attached hydrogen (secondary N) is 2. The molecule has 0 aromatic heterocycles. The minimum Gasteiger partial charge on any atom is -0.337 e. The van der Waals surface area contributed by atoms with Gasteiger partial charge < -0.3 is 11.1 Å². The van der Waals surface area contributed by atoms with E-state index in [1.54, 1.807) is 48.5 Å². The molecule has 3 aromatic carbocycles. The van der Waals surface area contributed by atoms with Gasteiger partial charge in [-0.1, -0.05) is 81.4 Å². The second-order valence-electron chi connectivity index (χ2n) is 12.7. The molecule has 1 saturated carbocycles. The molecule has 5 rings (SSSR count). The van der Waals surface area contributed by atoms with Gasteiger partial charge in [0.1, 0.15) is 5.54 Å². The van der Waals surface area contributed by atoms with Crippen LogP contribution in [0, 0.1) is 0 Å². The molecule has 0 unspecified atom stereocenters. The predicted molar refractivity (Wildman–Crippen MR) is 163 cm³/mol. The Balaban J connectivity index is 1.57. The first-order valence-electron chi connectivity index (χ1n) is 14.2. The Bertz CT molecular complexity index is 1650. The van der Waals surface area contributed by atoms with Crippen LogP contribution in [-0.2, 0) is 29.9 Å². The molecule has 224 valence electrons. The van der Waals surface area contributed by atoms with Crippen molar-refractivity contribution in [3.63, 3.8) is 0 Å². The Kier molecular flexibility index (Phi) is 7.89. The summed E-state index contributed by atoms with van der Waals surface area (Å²) in [5.41, 5.74) is 5.60. The van der Waals surface area contributed by atoms with Gasteiger partial charge in [-0.05, 0) is 66.5 Å². The lowest BCUT2D eigenvalue weighted by Gasteiger charge is -2.31. The van der Waals surface area contributed by atoms with Crippen LogP contribution in [0.25, 0.3) is 0 Å². The zero-order chi connectivity index (χ0) is 30.4. The van der Waals surface area contributed by atoms with Crippen LogP contribution in [0.15, 0.2) is 94.7 Å². The molecule has 1 heterocycles. The van der Waals surface area contributed by atoms with E-state index in [1.807, 2.05) is 24.3 Å². The van der Waals surface area contributed by atoms with Crippen LogP contribution < -0.4 is 16.4 Å². The van der Waals surface area contributed by atoms with E-state index in [2.05, 4.69) is 31.4 Å². The van der Waals surface area contributed by atoms with Crippen LogP contribution in [0.5, 0.6) is 0 Å². The summed E-state index contributed by atoms with van der Waals surface area (Å²) < 4.78 is 55.0. The summed E-state index contributed by atoms with van der Waals surface area (Å²) in [7, 11) is -7.69. The molecule has 2 aliphatic rings. The lowest BCUT2D eigenvalue weighted by Crippen LogP contribution is -2.59. The molecule has 0 spiro atoms. The Labute approximate surface area is 248 Å². The van der Waals surface area contributed by atoms with E-state index in [9.17, 15) is 21.6 Å². The van der Waals surface area contributed by atoms with Gasteiger partial charge in [-0.25, -0.2) is 16.8 Å². The van der Waals surface area contributed by atoms with Crippen LogP contribution in [0.1, 0.15) is 63.6 Å². The minimum atomic E-state index is -3.94. The highest BCUT2D eigenvalue weighted by molar-refractivity contribution is 7.92. The van der Waals surface area contributed by atoms with Gasteiger partial charge in [-0.3, -0.25) is 10.1 Å². The van der Waals surface area contributed by atoms with Crippen LogP contribution in [-0.4, -0.2) is 44.9 Å². The highest BCUT2D eigenvalue weighted by Gasteiger charge is 2.56. The molecule has 1 aliphatic carbocycles. The van der Waals surface area contributed by atoms with E-state index in [-0.39, 0.29) is 33.8 Å². The summed E-state index contributed by atoms with van der Waals surface area (Å²) in [6.07, 6.45) is 0.965. The van der Waals surface area contributed by atoms with Crippen molar-refractivity contribution < 1.29 is 21.6 Å². The zero-order valence-corrected chi connectivity index (χ0v) is 25.8. The number of carbonyl (C=O) groups is 1. The molecule has 8 nitrogen and oxygen atoms in total. The molecule has 0 radical (unpaired) electrons. The van der Waals surface area contributed by atoms with Gasteiger partial charge in [0, 0.05) is 0 Å². The SMILES string of the molecule is CC(C)(C)c1ccc([C@@H]2N[C@](CCS(=O)(=O)c3ccccc3)(C(=O)NC3(N)CC3)C[C@H]2S(=O)(=O)c2ccccc2)cc1. The molecule has 3 aromatic rings. The van der Waals surface area contributed by atoms with Crippen molar-refractivity contribution in [2.45, 2.75) is 84.2 Å². The Hall–Kier alpha value is -3.05. The summed E-state index contributed by atoms with van der Waals surface area (Å²) in [6, 6.07) is 23.2. The van der Waals surface area contributed by atoms with Crippen molar-refractivity contribution in [1.82, 2.24) is 10.6 Å². The summed E-state index contributed by atoms with van der Waals surface area (Å²) in [5, 5.41) is 5.23. The molecular formula is C32H39N3O5S2. The maximum absolute atomic E-state index is 14.2. The van der Waals surface area contributed by atoms with E-state index < -0.39 is 48.1 Å². The zero-order valence-electron chi connectivity index (χ0n) is 24.2. The van der Waals surface area contributed by atoms with Gasteiger partial charge in [0.05, 0.1) is 32.5 Å². The van der Waals surface area contributed by atoms with Gasteiger partial charge in [0.15, 0.2) is 19.7 Å². The molecule has 3 atom stereocenters. The fourth-order valence-electron chi connectivity index (χ4n) is 5.58. The monoisotopic (exact) mass is 609 g/mol. The second-order valence-corrected chi connectivity index (χ2v) is 16.9. The van der Waals surface area contributed by atoms with Crippen LogP contribution in [0.4, 0.5) is 0 Å². The first-order chi connectivity index (χ1) is 19.7. The fraction of sp³-hybridized carbons (Fsp3) is 0.406. The lowest BCUT2D eigenvalue weighted by atomic mass is 9.86. The van der Waals surface area contributed by atoms with Crippen molar-refractivity contribution in [1.29, 1.82) is 0 Å². The van der Waals surface area contributed by atoms with Crippen LogP contribution in [0.3, 0.4) is 0 Å². The number of benzene rings is 3. The van der Waals surface area contributed by atoms with Gasteiger partial charge in [0.25, 0.3) is 0 Å². The molecule has 0 bridgehead atoms. The minimum absolute atomic E-state index is 0.105. The van der Waals surface area contributed by atoms with E-state index in [0.29, 0.717) is 18.4 Å². The van der Waals surface area contributed by atoms with Gasteiger partial charge in [-0.15, -0.1) is 0 Å². The summed E-state index contributed by atoms with van der Waals surface area (Å²) in [6.45, 7) is 6.30. The Morgan fingerprint density at radius 2 is 1.43 bits per heavy atom. The molecular weight excluding hydrogens is 571 g/mol. The topological polar surface area (TPSA) is 135 Å². The lowest BCUT2D eigenvalue weighted by molar-refractivity contribution is -0.128. The third-order valence-electron chi connectivity index (χ3n) is 8.45. The Morgan fingerprint density at radius 3 is 1.95 bits per heavy atom. The average molecular weight is 610 g/mol. The normalized spacial score (nSPS) is 23.8. The van der Waals surface area contributed by atoms with Gasteiger partial charge >= 0.3 is 0 Å². The largest absolute Gasteiger partial charge is 0.337 e. The van der Waals surface area contributed by atoms with Crippen LogP contribution in [0.2, 0.25) is 0 Å². The second kappa shape index (κ2) is 10.9. The highest BCUT2D eigenvalue weighted by Crippen LogP contribution is 2.43. The molecule has 2 fully saturated rings. The average Bonchev–Trinajstić information content (AvgIpc) is 3.54. The molecule has 4 N–H and O–H groups in total. The van der Waals surface area contributed by atoms with Crippen molar-refractivity contribution >= 4 is 25.6 Å². The fourth-order valence-corrected chi connectivity index (χ4v) is 8.98. The summed E-state index contributed by atoms with van der Waals surface area (Å²) in [4.78, 5) is 14.3. The van der Waals surface area contributed by atoms with Crippen molar-refractivity contribution in [3.8, 4) is 0 Å². The summed E-state index contributed by atoms with van der Waals surface area (Å²) >= 11 is 0. The maximum atomic E-state index is 14.2. The summed E-state index contributed by atoms with van der Waals surface area (Å²) in [5.74, 6) is -0.823. The van der Waals surface area contributed by atoms with Crippen molar-refractivity contribution in [2.75, 3.05) is 5.75 Å². The van der Waals surface area contributed by atoms with Crippen molar-refractivity contribution in [3.05, 3.63) is 96.1 Å². The molecule has 42 heavy (non-hydrogen) atoms. The van der Waals surface area contributed by atoms with Gasteiger partial charge in [-0.2, -0.15) is 0 Å². The molecule has 10 heteroatoms. The number of sulfone groups is 2. The number of amides is 1. The molecule has 1 amide bonds. The van der Waals surface area contributed by atoms with Gasteiger partial charge in [0.2, 0.25) is 5.91 Å². The highest BCUT2D eigenvalue weighted by atomic mass is 32.2. The number of nitrogens with two attached hydrogens (primary N) is 1. The number of carbonyl (C=O) groups excluding carboxylic acids is 1. The van der Waals surface area contributed by atoms with Crippen LogP contribution >= 0.6 is 0 Å².